The Morgan fingerprint density at radius 1 is 1.20 bits per heavy atom. The van der Waals surface area contributed by atoms with E-state index in [0.717, 1.165) is 30.0 Å². The molecular formula is C16H19FN2O. The summed E-state index contributed by atoms with van der Waals surface area (Å²) in [7, 11) is 0. The van der Waals surface area contributed by atoms with Crippen LogP contribution in [0.25, 0.3) is 0 Å². The van der Waals surface area contributed by atoms with Crippen LogP contribution in [0.2, 0.25) is 0 Å². The largest absolute Gasteiger partial charge is 0.487 e. The van der Waals surface area contributed by atoms with Crippen molar-refractivity contribution in [3.8, 4) is 5.75 Å². The highest BCUT2D eigenvalue weighted by Crippen LogP contribution is 2.19. The molecule has 0 saturated carbocycles. The van der Waals surface area contributed by atoms with Crippen molar-refractivity contribution in [1.29, 1.82) is 0 Å². The van der Waals surface area contributed by atoms with Gasteiger partial charge in [0.05, 0.1) is 11.4 Å². The number of ether oxygens (including phenoxy) is 1. The molecule has 106 valence electrons. The molecule has 0 spiro atoms. The molecule has 20 heavy (non-hydrogen) atoms. The summed E-state index contributed by atoms with van der Waals surface area (Å²) in [5.74, 6) is 0.436. The molecule has 1 N–H and O–H groups in total. The fraction of sp³-hybridized carbons (Fsp3) is 0.312. The Hall–Kier alpha value is -1.94. The molecule has 1 aromatic carbocycles. The maximum Gasteiger partial charge on any atom is 0.130 e. The molecule has 0 aliphatic rings. The molecule has 0 aliphatic heterocycles. The molecule has 0 saturated heterocycles. The first kappa shape index (κ1) is 14.5. The highest BCUT2D eigenvalue weighted by Gasteiger charge is 2.03. The first-order valence-corrected chi connectivity index (χ1v) is 6.73. The number of aromatic nitrogens is 1. The van der Waals surface area contributed by atoms with Gasteiger partial charge >= 0.3 is 0 Å². The molecule has 0 bridgehead atoms. The third kappa shape index (κ3) is 4.03. The Morgan fingerprint density at radius 3 is 2.75 bits per heavy atom. The molecule has 1 aromatic heterocycles. The summed E-state index contributed by atoms with van der Waals surface area (Å²) in [6.07, 6.45) is 0. The fourth-order valence-electron chi connectivity index (χ4n) is 1.89. The number of nitrogens with zero attached hydrogens (tertiary/aromatic N) is 1. The van der Waals surface area contributed by atoms with E-state index < -0.39 is 0 Å². The predicted molar refractivity (Wildman–Crippen MR) is 77.1 cm³/mol. The fourth-order valence-corrected chi connectivity index (χ4v) is 1.89. The molecule has 0 aliphatic carbocycles. The van der Waals surface area contributed by atoms with E-state index in [4.69, 9.17) is 4.74 Å². The minimum absolute atomic E-state index is 0.249. The monoisotopic (exact) mass is 274 g/mol. The number of hydrogen-bond donors (Lipinski definition) is 1. The van der Waals surface area contributed by atoms with E-state index in [1.54, 1.807) is 6.07 Å². The van der Waals surface area contributed by atoms with Gasteiger partial charge in [0.15, 0.2) is 0 Å². The Kier molecular flexibility index (Phi) is 5.07. The van der Waals surface area contributed by atoms with Crippen LogP contribution in [0.1, 0.15) is 23.9 Å². The average Bonchev–Trinajstić information content (AvgIpc) is 2.45. The van der Waals surface area contributed by atoms with Gasteiger partial charge in [0, 0.05) is 6.54 Å². The van der Waals surface area contributed by atoms with Crippen LogP contribution in [0.15, 0.2) is 36.4 Å². The molecule has 2 aromatic rings. The SMILES string of the molecule is CCNCc1cccc(COc2ccc(F)cc2C)n1. The van der Waals surface area contributed by atoms with Gasteiger partial charge in [-0.15, -0.1) is 0 Å². The minimum atomic E-state index is -0.249. The van der Waals surface area contributed by atoms with Crippen molar-refractivity contribution in [2.24, 2.45) is 0 Å². The van der Waals surface area contributed by atoms with Crippen molar-refractivity contribution in [2.45, 2.75) is 27.0 Å². The van der Waals surface area contributed by atoms with Gasteiger partial charge in [-0.2, -0.15) is 0 Å². The summed E-state index contributed by atoms with van der Waals surface area (Å²) >= 11 is 0. The lowest BCUT2D eigenvalue weighted by Crippen LogP contribution is -2.13. The van der Waals surface area contributed by atoms with Crippen molar-refractivity contribution < 1.29 is 9.13 Å². The van der Waals surface area contributed by atoms with E-state index in [0.29, 0.717) is 12.4 Å². The Labute approximate surface area is 118 Å². The summed E-state index contributed by atoms with van der Waals surface area (Å²) < 4.78 is 18.7. The van der Waals surface area contributed by atoms with E-state index in [2.05, 4.69) is 17.2 Å². The lowest BCUT2D eigenvalue weighted by atomic mass is 10.2. The zero-order chi connectivity index (χ0) is 14.4. The minimum Gasteiger partial charge on any atom is -0.487 e. The van der Waals surface area contributed by atoms with Crippen LogP contribution in [0.3, 0.4) is 0 Å². The van der Waals surface area contributed by atoms with Crippen LogP contribution in [0.5, 0.6) is 5.75 Å². The van der Waals surface area contributed by atoms with Crippen molar-refractivity contribution in [3.63, 3.8) is 0 Å². The summed E-state index contributed by atoms with van der Waals surface area (Å²) in [6, 6.07) is 10.4. The van der Waals surface area contributed by atoms with Gasteiger partial charge in [-0.05, 0) is 49.4 Å². The Balaban J connectivity index is 1.99. The number of pyridine rings is 1. The molecule has 0 radical (unpaired) electrons. The number of hydrogen-bond acceptors (Lipinski definition) is 3. The van der Waals surface area contributed by atoms with Crippen LogP contribution in [-0.4, -0.2) is 11.5 Å². The molecular weight excluding hydrogens is 255 g/mol. The van der Waals surface area contributed by atoms with Crippen LogP contribution in [0, 0.1) is 12.7 Å². The summed E-state index contributed by atoms with van der Waals surface area (Å²) in [5.41, 5.74) is 2.64. The standard InChI is InChI=1S/C16H19FN2O/c1-3-18-10-14-5-4-6-15(19-14)11-20-16-8-7-13(17)9-12(16)2/h4-9,18H,3,10-11H2,1-2H3. The van der Waals surface area contributed by atoms with E-state index >= 15 is 0 Å². The molecule has 1 heterocycles. The lowest BCUT2D eigenvalue weighted by molar-refractivity contribution is 0.298. The van der Waals surface area contributed by atoms with Crippen LogP contribution >= 0.6 is 0 Å². The number of halogens is 1. The van der Waals surface area contributed by atoms with Gasteiger partial charge in [-0.1, -0.05) is 13.0 Å². The maximum absolute atomic E-state index is 13.0. The van der Waals surface area contributed by atoms with Gasteiger partial charge in [-0.25, -0.2) is 4.39 Å². The predicted octanol–water partition coefficient (Wildman–Crippen LogP) is 3.22. The molecule has 0 atom stereocenters. The van der Waals surface area contributed by atoms with Crippen molar-refractivity contribution in [3.05, 3.63) is 59.2 Å². The van der Waals surface area contributed by atoms with E-state index in [9.17, 15) is 4.39 Å². The van der Waals surface area contributed by atoms with Crippen LogP contribution in [0.4, 0.5) is 4.39 Å². The first-order chi connectivity index (χ1) is 9.69. The second kappa shape index (κ2) is 7.01. The van der Waals surface area contributed by atoms with E-state index in [1.807, 2.05) is 25.1 Å². The van der Waals surface area contributed by atoms with Gasteiger partial charge in [0.25, 0.3) is 0 Å². The molecule has 0 amide bonds. The topological polar surface area (TPSA) is 34.1 Å². The van der Waals surface area contributed by atoms with Crippen LogP contribution < -0.4 is 10.1 Å². The average molecular weight is 274 g/mol. The molecule has 0 unspecified atom stereocenters. The van der Waals surface area contributed by atoms with E-state index in [-0.39, 0.29) is 5.82 Å². The van der Waals surface area contributed by atoms with E-state index in [1.165, 1.54) is 12.1 Å². The lowest BCUT2D eigenvalue weighted by Gasteiger charge is -2.09. The molecule has 3 nitrogen and oxygen atoms in total. The summed E-state index contributed by atoms with van der Waals surface area (Å²) in [6.45, 7) is 5.93. The summed E-state index contributed by atoms with van der Waals surface area (Å²) in [4.78, 5) is 4.51. The van der Waals surface area contributed by atoms with Crippen molar-refractivity contribution in [2.75, 3.05) is 6.54 Å². The quantitative estimate of drug-likeness (QED) is 0.878. The molecule has 2 rings (SSSR count). The van der Waals surface area contributed by atoms with Gasteiger partial charge in [-0.3, -0.25) is 4.98 Å². The highest BCUT2D eigenvalue weighted by atomic mass is 19.1. The van der Waals surface area contributed by atoms with Gasteiger partial charge in [0.1, 0.15) is 18.2 Å². The third-order valence-corrected chi connectivity index (χ3v) is 2.93. The van der Waals surface area contributed by atoms with Gasteiger partial charge < -0.3 is 10.1 Å². The van der Waals surface area contributed by atoms with Gasteiger partial charge in [0.2, 0.25) is 0 Å². The molecule has 4 heteroatoms. The smallest absolute Gasteiger partial charge is 0.130 e. The molecule has 0 fully saturated rings. The normalized spacial score (nSPS) is 10.6. The number of benzene rings is 1. The number of rotatable bonds is 6. The second-order valence-corrected chi connectivity index (χ2v) is 4.60. The van der Waals surface area contributed by atoms with Crippen molar-refractivity contribution in [1.82, 2.24) is 10.3 Å². The Bertz CT molecular complexity index is 572. The maximum atomic E-state index is 13.0. The highest BCUT2D eigenvalue weighted by molar-refractivity contribution is 5.32. The van der Waals surface area contributed by atoms with Crippen molar-refractivity contribution >= 4 is 0 Å². The van der Waals surface area contributed by atoms with Crippen LogP contribution in [-0.2, 0) is 13.2 Å². The number of aryl methyl sites for hydroxylation is 1. The third-order valence-electron chi connectivity index (χ3n) is 2.93. The first-order valence-electron chi connectivity index (χ1n) is 6.73. The number of nitrogens with one attached hydrogen (secondary N) is 1. The zero-order valence-electron chi connectivity index (χ0n) is 11.8. The summed E-state index contributed by atoms with van der Waals surface area (Å²) in [5, 5.41) is 3.24. The zero-order valence-corrected chi connectivity index (χ0v) is 11.8. The second-order valence-electron chi connectivity index (χ2n) is 4.60. The Morgan fingerprint density at radius 2 is 2.00 bits per heavy atom.